The highest BCUT2D eigenvalue weighted by Crippen LogP contribution is 2.41. The summed E-state index contributed by atoms with van der Waals surface area (Å²) in [6, 6.07) is 29.8. The van der Waals surface area contributed by atoms with Gasteiger partial charge in [-0.15, -0.1) is 0 Å². The topological polar surface area (TPSA) is 27.7 Å². The molecule has 3 aromatic rings. The van der Waals surface area contributed by atoms with Crippen molar-refractivity contribution in [1.29, 1.82) is 0 Å². The van der Waals surface area contributed by atoms with E-state index in [1.54, 1.807) is 0 Å². The van der Waals surface area contributed by atoms with Gasteiger partial charge in [0.25, 0.3) is 0 Å². The number of para-hydroxylation sites is 3. The molecule has 0 bridgehead atoms. The average molecular weight is 1200 g/mol. The summed E-state index contributed by atoms with van der Waals surface area (Å²) in [5, 5.41) is 0. The van der Waals surface area contributed by atoms with Gasteiger partial charge in [-0.1, -0.05) is 384 Å². The highest BCUT2D eigenvalue weighted by molar-refractivity contribution is 6.39. The molecule has 0 N–H and O–H groups in total. The molecule has 0 saturated carbocycles. The Bertz CT molecular complexity index is 1720. The van der Waals surface area contributed by atoms with Crippen molar-refractivity contribution in [2.75, 3.05) is 19.6 Å². The summed E-state index contributed by atoms with van der Waals surface area (Å²) in [5.74, 6) is 2.43. The van der Waals surface area contributed by atoms with Crippen molar-refractivity contribution >= 4 is 7.32 Å². The minimum atomic E-state index is -0.933. The van der Waals surface area contributed by atoms with Crippen molar-refractivity contribution in [2.24, 2.45) is 0 Å². The van der Waals surface area contributed by atoms with Crippen LogP contribution in [0, 0.1) is 0 Å². The molecule has 1 unspecified atom stereocenters. The number of hydrogen-bond acceptors (Lipinski definition) is 3. The zero-order valence-corrected chi connectivity index (χ0v) is 58.6. The van der Waals surface area contributed by atoms with E-state index in [2.05, 4.69) is 52.0 Å². The molecule has 0 saturated heterocycles. The standard InChI is InChI=1S/C82H145BNO3/c1-5-9-13-17-21-25-29-33-37-41-45-49-53-65-75-84(76-66-54-50-46-42-38-34-30-26-22-18-14-10-6-2,77-67-55-51-47-43-39-35-31-27-23-19-15-11-7-3)81(73-62-52-48-44-40-36-32-28-24-20-16-12-8-4)80-72-63-64-74-82(80)87-83(85-78-68-58-56-59-69-78)86-79-70-60-57-61-71-79/h56-61,63-64,68-72,74,81H,5-55,62,65-67,73,75-77H2,1-4H3/q+1. The molecule has 0 radical (unpaired) electrons. The first-order valence-corrected chi connectivity index (χ1v) is 39.2. The monoisotopic (exact) mass is 1200 g/mol. The van der Waals surface area contributed by atoms with Crippen LogP contribution in [0.3, 0.4) is 0 Å². The van der Waals surface area contributed by atoms with Gasteiger partial charge in [-0.05, 0) is 81.3 Å². The van der Waals surface area contributed by atoms with E-state index < -0.39 is 7.32 Å². The fourth-order valence-electron chi connectivity index (χ4n) is 14.0. The fourth-order valence-corrected chi connectivity index (χ4v) is 14.0. The molecule has 87 heavy (non-hydrogen) atoms. The highest BCUT2D eigenvalue weighted by atomic mass is 16.7. The van der Waals surface area contributed by atoms with E-state index in [1.165, 1.54) is 389 Å². The lowest BCUT2D eigenvalue weighted by Crippen LogP contribution is -2.53. The van der Waals surface area contributed by atoms with Crippen molar-refractivity contribution in [2.45, 2.75) is 393 Å². The molecule has 0 amide bonds. The van der Waals surface area contributed by atoms with E-state index in [1.807, 2.05) is 60.7 Å². The van der Waals surface area contributed by atoms with E-state index >= 15 is 0 Å². The Morgan fingerprint density at radius 2 is 0.483 bits per heavy atom. The molecule has 0 aromatic heterocycles. The largest absolute Gasteiger partial charge is 0.864 e. The van der Waals surface area contributed by atoms with Gasteiger partial charge in [0.15, 0.2) is 0 Å². The van der Waals surface area contributed by atoms with Gasteiger partial charge < -0.3 is 18.4 Å². The second-order valence-corrected chi connectivity index (χ2v) is 27.5. The first-order valence-electron chi connectivity index (χ1n) is 39.2. The molecular weight excluding hydrogens is 1060 g/mol. The number of rotatable bonds is 67. The van der Waals surface area contributed by atoms with Crippen LogP contribution in [0.4, 0.5) is 0 Å². The number of benzene rings is 3. The maximum absolute atomic E-state index is 7.17. The molecule has 1 atom stereocenters. The van der Waals surface area contributed by atoms with E-state index in [9.17, 15) is 0 Å². The first kappa shape index (κ1) is 78.3. The number of hydrogen-bond donors (Lipinski definition) is 0. The van der Waals surface area contributed by atoms with Crippen LogP contribution in [0.15, 0.2) is 84.9 Å². The second-order valence-electron chi connectivity index (χ2n) is 27.5. The number of nitrogens with zero attached hydrogens (tertiary/aromatic N) is 1. The predicted octanol–water partition coefficient (Wildman–Crippen LogP) is 28.0. The molecule has 0 aliphatic heterocycles. The summed E-state index contributed by atoms with van der Waals surface area (Å²) in [7, 11) is -0.933. The summed E-state index contributed by atoms with van der Waals surface area (Å²) in [4.78, 5) is 0. The van der Waals surface area contributed by atoms with Crippen LogP contribution in [0.25, 0.3) is 0 Å². The van der Waals surface area contributed by atoms with Crippen molar-refractivity contribution in [3.05, 3.63) is 90.5 Å². The first-order chi connectivity index (χ1) is 43.2. The molecule has 3 aromatic carbocycles. The number of unbranched alkanes of at least 4 members (excludes halogenated alkanes) is 51. The molecule has 5 heteroatoms. The van der Waals surface area contributed by atoms with Crippen LogP contribution in [0.1, 0.15) is 399 Å². The van der Waals surface area contributed by atoms with Gasteiger partial charge in [0, 0.05) is 12.0 Å². The third-order valence-electron chi connectivity index (χ3n) is 19.6. The lowest BCUT2D eigenvalue weighted by atomic mass is 9.92. The summed E-state index contributed by atoms with van der Waals surface area (Å²) >= 11 is 0. The van der Waals surface area contributed by atoms with Crippen LogP contribution in [-0.2, 0) is 0 Å². The lowest BCUT2D eigenvalue weighted by Gasteiger charge is -2.46. The van der Waals surface area contributed by atoms with Gasteiger partial charge >= 0.3 is 7.32 Å². The molecule has 0 aliphatic rings. The van der Waals surface area contributed by atoms with Crippen LogP contribution >= 0.6 is 0 Å². The van der Waals surface area contributed by atoms with Crippen LogP contribution in [0.5, 0.6) is 17.2 Å². The van der Waals surface area contributed by atoms with Crippen LogP contribution < -0.4 is 14.0 Å². The normalized spacial score (nSPS) is 12.0. The fraction of sp³-hybridized carbons (Fsp3) is 0.780. The summed E-state index contributed by atoms with van der Waals surface area (Å²) in [5.41, 5.74) is 1.37. The zero-order valence-electron chi connectivity index (χ0n) is 58.6. The summed E-state index contributed by atoms with van der Waals surface area (Å²) < 4.78 is 21.7. The van der Waals surface area contributed by atoms with Gasteiger partial charge in [-0.25, -0.2) is 0 Å². The van der Waals surface area contributed by atoms with Crippen molar-refractivity contribution in [1.82, 2.24) is 0 Å². The van der Waals surface area contributed by atoms with Crippen molar-refractivity contribution in [3.8, 4) is 17.2 Å². The number of quaternary nitrogens is 1. The van der Waals surface area contributed by atoms with Gasteiger partial charge in [-0.2, -0.15) is 0 Å². The summed E-state index contributed by atoms with van der Waals surface area (Å²) in [6.07, 6.45) is 78.3. The Morgan fingerprint density at radius 3 is 0.759 bits per heavy atom. The maximum atomic E-state index is 7.17. The quantitative estimate of drug-likeness (QED) is 0.0320. The molecule has 4 nitrogen and oxygen atoms in total. The minimum absolute atomic E-state index is 0.355. The molecule has 498 valence electrons. The van der Waals surface area contributed by atoms with Crippen molar-refractivity contribution in [3.63, 3.8) is 0 Å². The average Bonchev–Trinajstić information content (AvgIpc) is 3.69. The van der Waals surface area contributed by atoms with Gasteiger partial charge in [-0.3, -0.25) is 0 Å². The second kappa shape index (κ2) is 59.4. The highest BCUT2D eigenvalue weighted by Gasteiger charge is 2.40. The Morgan fingerprint density at radius 1 is 0.253 bits per heavy atom. The molecule has 0 fully saturated rings. The van der Waals surface area contributed by atoms with Crippen molar-refractivity contribution < 1.29 is 18.4 Å². The van der Waals surface area contributed by atoms with Gasteiger partial charge in [0.1, 0.15) is 23.3 Å². The third kappa shape index (κ3) is 43.5. The SMILES string of the molecule is CCCCCCCCCCCCCCCC[N+](CCCCCCCCCCCCCCCC)(CCCCCCCCCCCCCCCC)C(CCCCCCCCCCCCCCC)c1ccccc1OB(Oc1ccccc1)Oc1ccccc1. The van der Waals surface area contributed by atoms with E-state index in [-0.39, 0.29) is 0 Å². The predicted molar refractivity (Wildman–Crippen MR) is 386 cm³/mol. The Kier molecular flexibility index (Phi) is 53.5. The van der Waals surface area contributed by atoms with Gasteiger partial charge in [0.05, 0.1) is 19.6 Å². The Balaban J connectivity index is 1.90. The van der Waals surface area contributed by atoms with E-state index in [4.69, 9.17) is 14.0 Å². The Hall–Kier alpha value is -2.92. The molecular formula is C82H145BNO3+. The zero-order chi connectivity index (χ0) is 61.7. The lowest BCUT2D eigenvalue weighted by molar-refractivity contribution is -0.958. The molecule has 0 aliphatic carbocycles. The summed E-state index contributed by atoms with van der Waals surface area (Å²) in [6.45, 7) is 13.1. The molecule has 3 rings (SSSR count). The maximum Gasteiger partial charge on any atom is 0.864 e. The van der Waals surface area contributed by atoms with Gasteiger partial charge in [0.2, 0.25) is 0 Å². The van der Waals surface area contributed by atoms with E-state index in [0.717, 1.165) is 17.2 Å². The molecule has 0 heterocycles. The van der Waals surface area contributed by atoms with E-state index in [0.29, 0.717) is 6.04 Å². The minimum Gasteiger partial charge on any atom is -0.490 e. The molecule has 0 spiro atoms. The third-order valence-corrected chi connectivity index (χ3v) is 19.6. The Labute approximate surface area is 543 Å². The van der Waals surface area contributed by atoms with Crippen LogP contribution in [0.2, 0.25) is 0 Å². The van der Waals surface area contributed by atoms with Crippen LogP contribution in [-0.4, -0.2) is 31.4 Å². The smallest absolute Gasteiger partial charge is 0.490 e.